The normalized spacial score (nSPS) is 10.2. The minimum absolute atomic E-state index is 0.333. The molecule has 0 N–H and O–H groups in total. The van der Waals surface area contributed by atoms with Crippen molar-refractivity contribution in [2.45, 2.75) is 20.0 Å². The average molecular weight is 192 g/mol. The van der Waals surface area contributed by atoms with E-state index in [9.17, 15) is 18.0 Å². The van der Waals surface area contributed by atoms with E-state index in [1.54, 1.807) is 0 Å². The van der Waals surface area contributed by atoms with Crippen molar-refractivity contribution in [2.75, 3.05) is 0 Å². The molecule has 0 spiro atoms. The van der Waals surface area contributed by atoms with Crippen LogP contribution in [0.5, 0.6) is 0 Å². The largest absolute Gasteiger partial charge is 0.491 e. The Kier molecular flexibility index (Phi) is 3.54. The topological polar surface area (TPSA) is 26.3 Å². The molecule has 0 aromatic rings. The first-order valence-electron chi connectivity index (χ1n) is 3.22. The van der Waals surface area contributed by atoms with Crippen LogP contribution in [-0.2, 0) is 9.53 Å². The summed E-state index contributed by atoms with van der Waals surface area (Å²) in [6.45, 7) is 2.89. The first-order chi connectivity index (χ1) is 5.79. The Labute approximate surface area is 73.4 Å². The molecule has 13 heavy (non-hydrogen) atoms. The molecule has 0 aliphatic carbocycles. The fraction of sp³-hybridized carbons (Fsp3) is 0.375. The second kappa shape index (κ2) is 3.99. The maximum atomic E-state index is 11.6. The van der Waals surface area contributed by atoms with E-state index < -0.39 is 17.9 Å². The second-order valence-corrected chi connectivity index (χ2v) is 2.36. The summed E-state index contributed by atoms with van der Waals surface area (Å²) in [5.41, 5.74) is 0.333. The van der Waals surface area contributed by atoms with E-state index in [0.717, 1.165) is 0 Å². The summed E-state index contributed by atoms with van der Waals surface area (Å²) in [6, 6.07) is 0. The maximum absolute atomic E-state index is 11.6. The minimum atomic E-state index is -5.02. The Hall–Kier alpha value is -1.44. The molecule has 0 atom stereocenters. The van der Waals surface area contributed by atoms with Crippen molar-refractivity contribution < 1.29 is 22.7 Å². The van der Waals surface area contributed by atoms with Gasteiger partial charge < -0.3 is 4.74 Å². The van der Waals surface area contributed by atoms with Gasteiger partial charge in [0.15, 0.2) is 5.76 Å². The van der Waals surface area contributed by atoms with Gasteiger partial charge in [0.2, 0.25) is 0 Å². The molecule has 0 radical (unpaired) electrons. The number of hydrogen-bond donors (Lipinski definition) is 0. The minimum Gasteiger partial charge on any atom is -0.411 e. The fourth-order valence-electron chi connectivity index (χ4n) is 0.426. The fourth-order valence-corrected chi connectivity index (χ4v) is 0.426. The Morgan fingerprint density at radius 3 is 2.08 bits per heavy atom. The molecule has 0 fully saturated rings. The Morgan fingerprint density at radius 2 is 1.85 bits per heavy atom. The van der Waals surface area contributed by atoms with Crippen molar-refractivity contribution in [3.8, 4) is 12.3 Å². The molecular weight excluding hydrogens is 185 g/mol. The van der Waals surface area contributed by atoms with Gasteiger partial charge in [-0.3, -0.25) is 0 Å². The number of rotatable bonds is 1. The predicted octanol–water partition coefficient (Wildman–Crippen LogP) is 2.02. The molecule has 72 valence electrons. The second-order valence-electron chi connectivity index (χ2n) is 2.36. The summed E-state index contributed by atoms with van der Waals surface area (Å²) >= 11 is 0. The van der Waals surface area contributed by atoms with Crippen LogP contribution < -0.4 is 0 Å². The summed E-state index contributed by atoms with van der Waals surface area (Å²) in [5, 5.41) is 0. The highest BCUT2D eigenvalue weighted by atomic mass is 19.4. The number of carbonyl (C=O) groups is 1. The summed E-state index contributed by atoms with van der Waals surface area (Å²) in [6.07, 6.45) is -0.203. The van der Waals surface area contributed by atoms with Crippen LogP contribution in [0.15, 0.2) is 11.3 Å². The maximum Gasteiger partial charge on any atom is 0.491 e. The van der Waals surface area contributed by atoms with Crippen molar-refractivity contribution in [3.63, 3.8) is 0 Å². The summed E-state index contributed by atoms with van der Waals surface area (Å²) in [7, 11) is 0. The predicted molar refractivity (Wildman–Crippen MR) is 39.4 cm³/mol. The van der Waals surface area contributed by atoms with E-state index in [2.05, 4.69) is 4.74 Å². The smallest absolute Gasteiger partial charge is 0.411 e. The molecule has 0 aliphatic rings. The summed E-state index contributed by atoms with van der Waals surface area (Å²) in [4.78, 5) is 10.3. The molecule has 0 unspecified atom stereocenters. The van der Waals surface area contributed by atoms with Gasteiger partial charge in [0.25, 0.3) is 0 Å². The van der Waals surface area contributed by atoms with Crippen LogP contribution in [0.2, 0.25) is 0 Å². The van der Waals surface area contributed by atoms with Gasteiger partial charge in [0.05, 0.1) is 0 Å². The molecule has 0 saturated heterocycles. The lowest BCUT2D eigenvalue weighted by molar-refractivity contribution is -0.194. The van der Waals surface area contributed by atoms with E-state index in [-0.39, 0.29) is 0 Å². The van der Waals surface area contributed by atoms with Crippen molar-refractivity contribution in [2.24, 2.45) is 0 Å². The Bertz CT molecular complexity index is 277. The summed E-state index contributed by atoms with van der Waals surface area (Å²) < 4.78 is 38.8. The molecule has 0 amide bonds. The zero-order chi connectivity index (χ0) is 10.6. The molecule has 0 rings (SSSR count). The van der Waals surface area contributed by atoms with Crippen LogP contribution in [0.25, 0.3) is 0 Å². The monoisotopic (exact) mass is 192 g/mol. The van der Waals surface area contributed by atoms with E-state index in [1.165, 1.54) is 13.8 Å². The third-order valence-electron chi connectivity index (χ3n) is 1.01. The van der Waals surface area contributed by atoms with Gasteiger partial charge in [-0.25, -0.2) is 4.79 Å². The highest BCUT2D eigenvalue weighted by Gasteiger charge is 2.41. The SMILES string of the molecule is C#CC(OC(=O)C(F)(F)F)=C(C)C. The first-order valence-corrected chi connectivity index (χ1v) is 3.22. The highest BCUT2D eigenvalue weighted by Crippen LogP contribution is 2.19. The van der Waals surface area contributed by atoms with Crippen LogP contribution in [0, 0.1) is 12.3 Å². The molecule has 0 bridgehead atoms. The lowest BCUT2D eigenvalue weighted by atomic mass is 10.3. The van der Waals surface area contributed by atoms with E-state index in [4.69, 9.17) is 6.42 Å². The van der Waals surface area contributed by atoms with Gasteiger partial charge in [-0.05, 0) is 25.3 Å². The van der Waals surface area contributed by atoms with Gasteiger partial charge in [-0.1, -0.05) is 0 Å². The number of alkyl halides is 3. The standard InChI is InChI=1S/C8H7F3O2/c1-4-6(5(2)3)13-7(12)8(9,10)11/h1H,2-3H3. The third-order valence-corrected chi connectivity index (χ3v) is 1.01. The quantitative estimate of drug-likeness (QED) is 0.361. The van der Waals surface area contributed by atoms with Crippen molar-refractivity contribution in [3.05, 3.63) is 11.3 Å². The molecule has 5 heteroatoms. The van der Waals surface area contributed by atoms with E-state index in [1.807, 2.05) is 5.92 Å². The van der Waals surface area contributed by atoms with Crippen molar-refractivity contribution >= 4 is 5.97 Å². The zero-order valence-corrected chi connectivity index (χ0v) is 7.03. The molecule has 0 aromatic carbocycles. The van der Waals surface area contributed by atoms with Gasteiger partial charge >= 0.3 is 12.1 Å². The van der Waals surface area contributed by atoms with Crippen LogP contribution in [0.3, 0.4) is 0 Å². The number of halogens is 3. The number of ether oxygens (including phenoxy) is 1. The Morgan fingerprint density at radius 1 is 1.38 bits per heavy atom. The highest BCUT2D eigenvalue weighted by molar-refractivity contribution is 5.77. The average Bonchev–Trinajstić information content (AvgIpc) is 1.96. The zero-order valence-electron chi connectivity index (χ0n) is 7.03. The van der Waals surface area contributed by atoms with Crippen LogP contribution >= 0.6 is 0 Å². The van der Waals surface area contributed by atoms with Crippen LogP contribution in [-0.4, -0.2) is 12.1 Å². The van der Waals surface area contributed by atoms with Gasteiger partial charge in [0, 0.05) is 0 Å². The van der Waals surface area contributed by atoms with Crippen molar-refractivity contribution in [1.82, 2.24) is 0 Å². The van der Waals surface area contributed by atoms with Gasteiger partial charge in [0.1, 0.15) is 0 Å². The summed E-state index contributed by atoms with van der Waals surface area (Å²) in [5.74, 6) is -0.864. The molecule has 0 saturated carbocycles. The lowest BCUT2D eigenvalue weighted by Gasteiger charge is -2.06. The van der Waals surface area contributed by atoms with Gasteiger partial charge in [-0.2, -0.15) is 13.2 Å². The van der Waals surface area contributed by atoms with Crippen LogP contribution in [0.1, 0.15) is 13.8 Å². The number of carbonyl (C=O) groups excluding carboxylic acids is 1. The number of terminal acetylenes is 1. The third kappa shape index (κ3) is 3.65. The number of allylic oxidation sites excluding steroid dienone is 2. The molecular formula is C8H7F3O2. The van der Waals surface area contributed by atoms with Crippen LogP contribution in [0.4, 0.5) is 13.2 Å². The molecule has 0 aliphatic heterocycles. The molecule has 0 heterocycles. The Balaban J connectivity index is 4.58. The van der Waals surface area contributed by atoms with E-state index >= 15 is 0 Å². The number of esters is 1. The van der Waals surface area contributed by atoms with E-state index in [0.29, 0.717) is 5.57 Å². The first kappa shape index (κ1) is 11.6. The molecule has 0 aromatic heterocycles. The molecule has 2 nitrogen and oxygen atoms in total. The van der Waals surface area contributed by atoms with Crippen molar-refractivity contribution in [1.29, 1.82) is 0 Å². The lowest BCUT2D eigenvalue weighted by Crippen LogP contribution is -2.25. The number of hydrogen-bond acceptors (Lipinski definition) is 2. The van der Waals surface area contributed by atoms with Gasteiger partial charge in [-0.15, -0.1) is 6.42 Å².